The number of ether oxygens (including phenoxy) is 1. The minimum atomic E-state index is -3.64. The van der Waals surface area contributed by atoms with Gasteiger partial charge in [-0.1, -0.05) is 12.1 Å². The Labute approximate surface area is 155 Å². The molecule has 7 nitrogen and oxygen atoms in total. The largest absolute Gasteiger partial charge is 0.452 e. The number of aryl methyl sites for hydroxylation is 1. The fourth-order valence-electron chi connectivity index (χ4n) is 2.00. The number of esters is 1. The summed E-state index contributed by atoms with van der Waals surface area (Å²) in [5.41, 5.74) is 0.835. The average molecular weight is 394 g/mol. The Balaban J connectivity index is 1.93. The molecule has 2 N–H and O–H groups in total. The third kappa shape index (κ3) is 5.51. The fourth-order valence-corrected chi connectivity index (χ4v) is 3.61. The number of carbonyl (C=O) groups excluding carboxylic acids is 2. The number of rotatable bonds is 7. The summed E-state index contributed by atoms with van der Waals surface area (Å²) >= 11 is 1.47. The second-order valence-electron chi connectivity index (χ2n) is 5.19. The van der Waals surface area contributed by atoms with Gasteiger partial charge in [-0.25, -0.2) is 17.9 Å². The Morgan fingerprint density at radius 2 is 2.04 bits per heavy atom. The zero-order valence-electron chi connectivity index (χ0n) is 14.2. The molecule has 0 unspecified atom stereocenters. The van der Waals surface area contributed by atoms with Crippen LogP contribution in [0.5, 0.6) is 0 Å². The van der Waals surface area contributed by atoms with Crippen molar-refractivity contribution in [2.75, 3.05) is 19.0 Å². The summed E-state index contributed by atoms with van der Waals surface area (Å²) in [6.07, 6.45) is 2.84. The van der Waals surface area contributed by atoms with Crippen LogP contribution >= 0.6 is 11.3 Å². The monoisotopic (exact) mass is 394 g/mol. The van der Waals surface area contributed by atoms with Crippen molar-refractivity contribution >= 4 is 45.0 Å². The zero-order chi connectivity index (χ0) is 19.2. The van der Waals surface area contributed by atoms with Crippen LogP contribution in [-0.2, 0) is 24.3 Å². The highest BCUT2D eigenvalue weighted by Crippen LogP contribution is 2.19. The average Bonchev–Trinajstić information content (AvgIpc) is 3.13. The predicted octanol–water partition coefficient (Wildman–Crippen LogP) is 2.16. The highest BCUT2D eigenvalue weighted by atomic mass is 32.2. The van der Waals surface area contributed by atoms with Gasteiger partial charge in [0.2, 0.25) is 10.0 Å². The van der Waals surface area contributed by atoms with Crippen LogP contribution < -0.4 is 10.0 Å². The molecule has 0 aliphatic heterocycles. The first kappa shape index (κ1) is 19.8. The van der Waals surface area contributed by atoms with E-state index in [1.165, 1.54) is 30.5 Å². The standard InChI is InChI=1S/C17H18N2O5S2/c1-12-5-6-13(10-15(12)26(22,23)18-2)19-16(20)11-24-17(21)8-7-14-4-3-9-25-14/h3-10,18H,11H2,1-2H3,(H,19,20)/b8-7+. The van der Waals surface area contributed by atoms with E-state index in [-0.39, 0.29) is 4.90 Å². The lowest BCUT2D eigenvalue weighted by Crippen LogP contribution is -2.22. The van der Waals surface area contributed by atoms with Crippen molar-refractivity contribution in [3.63, 3.8) is 0 Å². The molecule has 0 fully saturated rings. The van der Waals surface area contributed by atoms with Crippen molar-refractivity contribution in [2.45, 2.75) is 11.8 Å². The molecule has 1 aromatic heterocycles. The summed E-state index contributed by atoms with van der Waals surface area (Å²) in [5, 5.41) is 4.38. The summed E-state index contributed by atoms with van der Waals surface area (Å²) in [6, 6.07) is 8.19. The predicted molar refractivity (Wildman–Crippen MR) is 100 cm³/mol. The summed E-state index contributed by atoms with van der Waals surface area (Å²) in [7, 11) is -2.33. The van der Waals surface area contributed by atoms with Crippen molar-refractivity contribution < 1.29 is 22.7 Å². The normalized spacial score (nSPS) is 11.5. The van der Waals surface area contributed by atoms with Gasteiger partial charge in [0.15, 0.2) is 6.61 Å². The summed E-state index contributed by atoms with van der Waals surface area (Å²) in [4.78, 5) is 24.4. The quantitative estimate of drug-likeness (QED) is 0.553. The second kappa shape index (κ2) is 8.75. The first-order valence-electron chi connectivity index (χ1n) is 7.54. The van der Waals surface area contributed by atoms with Gasteiger partial charge < -0.3 is 10.1 Å². The van der Waals surface area contributed by atoms with Crippen LogP contribution in [0, 0.1) is 6.92 Å². The number of nitrogens with one attached hydrogen (secondary N) is 2. The number of carbonyl (C=O) groups is 2. The number of hydrogen-bond acceptors (Lipinski definition) is 6. The van der Waals surface area contributed by atoms with Crippen molar-refractivity contribution in [3.8, 4) is 0 Å². The topological polar surface area (TPSA) is 102 Å². The Morgan fingerprint density at radius 3 is 2.69 bits per heavy atom. The zero-order valence-corrected chi connectivity index (χ0v) is 15.8. The van der Waals surface area contributed by atoms with Gasteiger partial charge >= 0.3 is 5.97 Å². The summed E-state index contributed by atoms with van der Waals surface area (Å²) in [5.74, 6) is -1.21. The minimum absolute atomic E-state index is 0.0636. The molecule has 0 bridgehead atoms. The van der Waals surface area contributed by atoms with E-state index < -0.39 is 28.5 Å². The molecule has 1 heterocycles. The number of thiophene rings is 1. The highest BCUT2D eigenvalue weighted by Gasteiger charge is 2.16. The van der Waals surface area contributed by atoms with Crippen molar-refractivity contribution in [1.82, 2.24) is 4.72 Å². The molecule has 9 heteroatoms. The summed E-state index contributed by atoms with van der Waals surface area (Å²) < 4.78 is 31.0. The third-order valence-electron chi connectivity index (χ3n) is 3.30. The molecule has 0 radical (unpaired) electrons. The molecule has 0 saturated carbocycles. The Bertz CT molecular complexity index is 919. The van der Waals surface area contributed by atoms with E-state index in [0.29, 0.717) is 11.3 Å². The van der Waals surface area contributed by atoms with E-state index >= 15 is 0 Å². The second-order valence-corrected chi connectivity index (χ2v) is 8.03. The van der Waals surface area contributed by atoms with Gasteiger partial charge in [-0.3, -0.25) is 4.79 Å². The third-order valence-corrected chi connectivity index (χ3v) is 5.70. The smallest absolute Gasteiger partial charge is 0.331 e. The van der Waals surface area contributed by atoms with Crippen LogP contribution in [0.1, 0.15) is 10.4 Å². The minimum Gasteiger partial charge on any atom is -0.452 e. The highest BCUT2D eigenvalue weighted by molar-refractivity contribution is 7.89. The first-order valence-corrected chi connectivity index (χ1v) is 9.90. The van der Waals surface area contributed by atoms with Gasteiger partial charge in [-0.15, -0.1) is 11.3 Å². The molecule has 2 aromatic rings. The van der Waals surface area contributed by atoms with Crippen molar-refractivity contribution in [3.05, 3.63) is 52.2 Å². The molecule has 0 aliphatic rings. The van der Waals surface area contributed by atoms with Crippen LogP contribution in [0.3, 0.4) is 0 Å². The molecule has 0 atom stereocenters. The molecule has 26 heavy (non-hydrogen) atoms. The number of amides is 1. The maximum Gasteiger partial charge on any atom is 0.331 e. The fraction of sp³-hybridized carbons (Fsp3) is 0.176. The first-order chi connectivity index (χ1) is 12.3. The molecule has 1 aromatic carbocycles. The van der Waals surface area contributed by atoms with Gasteiger partial charge in [0.05, 0.1) is 4.90 Å². The van der Waals surface area contributed by atoms with Crippen LogP contribution in [0.4, 0.5) is 5.69 Å². The SMILES string of the molecule is CNS(=O)(=O)c1cc(NC(=O)COC(=O)/C=C/c2cccs2)ccc1C. The molecule has 0 aliphatic carbocycles. The number of benzene rings is 1. The molecule has 138 valence electrons. The lowest BCUT2D eigenvalue weighted by molar-refractivity contribution is -0.142. The molecule has 0 saturated heterocycles. The van der Waals surface area contributed by atoms with Crippen LogP contribution in [-0.4, -0.2) is 33.9 Å². The lowest BCUT2D eigenvalue weighted by atomic mass is 10.2. The van der Waals surface area contributed by atoms with Crippen LogP contribution in [0.15, 0.2) is 46.7 Å². The number of sulfonamides is 1. The van der Waals surface area contributed by atoms with E-state index in [4.69, 9.17) is 4.74 Å². The van der Waals surface area contributed by atoms with E-state index in [1.54, 1.807) is 25.1 Å². The van der Waals surface area contributed by atoms with Gasteiger partial charge in [0, 0.05) is 16.6 Å². The van der Waals surface area contributed by atoms with Crippen LogP contribution in [0.25, 0.3) is 6.08 Å². The van der Waals surface area contributed by atoms with E-state index in [1.807, 2.05) is 17.5 Å². The van der Waals surface area contributed by atoms with Gasteiger partial charge in [-0.2, -0.15) is 0 Å². The Kier molecular flexibility index (Phi) is 6.67. The van der Waals surface area contributed by atoms with E-state index in [9.17, 15) is 18.0 Å². The lowest BCUT2D eigenvalue weighted by Gasteiger charge is -2.10. The molecule has 1 amide bonds. The number of hydrogen-bond donors (Lipinski definition) is 2. The summed E-state index contributed by atoms with van der Waals surface area (Å²) in [6.45, 7) is 1.17. The van der Waals surface area contributed by atoms with E-state index in [0.717, 1.165) is 4.88 Å². The molecular formula is C17H18N2O5S2. The Morgan fingerprint density at radius 1 is 1.27 bits per heavy atom. The van der Waals surface area contributed by atoms with Crippen molar-refractivity contribution in [1.29, 1.82) is 0 Å². The maximum atomic E-state index is 11.9. The number of anilines is 1. The van der Waals surface area contributed by atoms with Gasteiger partial charge in [0.1, 0.15) is 0 Å². The molecule has 0 spiro atoms. The van der Waals surface area contributed by atoms with Gasteiger partial charge in [-0.05, 0) is 49.2 Å². The van der Waals surface area contributed by atoms with Gasteiger partial charge in [0.25, 0.3) is 5.91 Å². The van der Waals surface area contributed by atoms with Crippen molar-refractivity contribution in [2.24, 2.45) is 0 Å². The van der Waals surface area contributed by atoms with E-state index in [2.05, 4.69) is 10.0 Å². The Hall–Kier alpha value is -2.49. The maximum absolute atomic E-state index is 11.9. The van der Waals surface area contributed by atoms with Crippen LogP contribution in [0.2, 0.25) is 0 Å². The molecular weight excluding hydrogens is 376 g/mol. The molecule has 2 rings (SSSR count).